The molecular weight excluding hydrogens is 310 g/mol. The molecule has 1 aliphatic heterocycles. The summed E-state index contributed by atoms with van der Waals surface area (Å²) in [4.78, 5) is 26.1. The Morgan fingerprint density at radius 3 is 2.46 bits per heavy atom. The highest BCUT2D eigenvalue weighted by molar-refractivity contribution is 5.91. The van der Waals surface area contributed by atoms with Gasteiger partial charge in [-0.25, -0.2) is 4.79 Å². The quantitative estimate of drug-likeness (QED) is 0.849. The molecule has 0 aliphatic carbocycles. The van der Waals surface area contributed by atoms with Gasteiger partial charge in [-0.3, -0.25) is 4.79 Å². The summed E-state index contributed by atoms with van der Waals surface area (Å²) < 4.78 is 15.9. The van der Waals surface area contributed by atoms with E-state index in [1.165, 1.54) is 4.90 Å². The van der Waals surface area contributed by atoms with Crippen molar-refractivity contribution in [1.82, 2.24) is 4.90 Å². The second-order valence-corrected chi connectivity index (χ2v) is 6.82. The van der Waals surface area contributed by atoms with Crippen molar-refractivity contribution in [1.29, 1.82) is 0 Å². The van der Waals surface area contributed by atoms with E-state index in [1.807, 2.05) is 32.9 Å². The first kappa shape index (κ1) is 18.1. The minimum atomic E-state index is -0.573. The second kappa shape index (κ2) is 7.11. The van der Waals surface area contributed by atoms with Crippen LogP contribution >= 0.6 is 0 Å². The molecule has 0 spiro atoms. The molecule has 132 valence electrons. The Labute approximate surface area is 142 Å². The number of carbonyl (C=O) groups excluding carboxylic acids is 2. The lowest BCUT2D eigenvalue weighted by atomic mass is 9.87. The largest absolute Gasteiger partial charge is 0.497 e. The first-order valence-electron chi connectivity index (χ1n) is 7.97. The normalized spacial score (nSPS) is 18.3. The molecular formula is C18H25NO5. The molecule has 6 heteroatoms. The van der Waals surface area contributed by atoms with Crippen molar-refractivity contribution in [3.63, 3.8) is 0 Å². The van der Waals surface area contributed by atoms with E-state index < -0.39 is 11.7 Å². The lowest BCUT2D eigenvalue weighted by Crippen LogP contribution is -2.45. The Balaban J connectivity index is 2.12. The van der Waals surface area contributed by atoms with Crippen LogP contribution in [0.5, 0.6) is 11.5 Å². The van der Waals surface area contributed by atoms with E-state index in [2.05, 4.69) is 0 Å². The number of ether oxygens (including phenoxy) is 3. The van der Waals surface area contributed by atoms with Gasteiger partial charge in [0.05, 0.1) is 20.8 Å². The highest BCUT2D eigenvalue weighted by atomic mass is 16.6. The summed E-state index contributed by atoms with van der Waals surface area (Å²) in [6, 6.07) is 5.43. The summed E-state index contributed by atoms with van der Waals surface area (Å²) >= 11 is 0. The molecule has 2 rings (SSSR count). The lowest BCUT2D eigenvalue weighted by molar-refractivity contribution is -0.123. The van der Waals surface area contributed by atoms with Crippen LogP contribution in [-0.4, -0.2) is 49.7 Å². The van der Waals surface area contributed by atoms with Gasteiger partial charge in [0.25, 0.3) is 0 Å². The Hall–Kier alpha value is -2.24. The van der Waals surface area contributed by atoms with Crippen LogP contribution in [-0.2, 0) is 9.53 Å². The van der Waals surface area contributed by atoms with Crippen LogP contribution in [0, 0.1) is 0 Å². The zero-order valence-electron chi connectivity index (χ0n) is 14.9. The van der Waals surface area contributed by atoms with Crippen LogP contribution in [0.4, 0.5) is 4.79 Å². The zero-order valence-corrected chi connectivity index (χ0v) is 14.9. The molecule has 0 bridgehead atoms. The highest BCUT2D eigenvalue weighted by Crippen LogP contribution is 2.35. The highest BCUT2D eigenvalue weighted by Gasteiger charge is 2.34. The molecule has 1 heterocycles. The molecule has 1 saturated heterocycles. The van der Waals surface area contributed by atoms with Crippen LogP contribution in [0.25, 0.3) is 0 Å². The molecule has 1 aromatic carbocycles. The van der Waals surface area contributed by atoms with E-state index >= 15 is 0 Å². The maximum atomic E-state index is 12.6. The van der Waals surface area contributed by atoms with E-state index in [0.29, 0.717) is 24.5 Å². The molecule has 24 heavy (non-hydrogen) atoms. The number of likely N-dealkylation sites (tertiary alicyclic amines) is 1. The monoisotopic (exact) mass is 335 g/mol. The summed E-state index contributed by atoms with van der Waals surface area (Å²) in [5.74, 6) is 0.993. The lowest BCUT2D eigenvalue weighted by Gasteiger charge is -2.33. The maximum Gasteiger partial charge on any atom is 0.410 e. The van der Waals surface area contributed by atoms with Crippen LogP contribution in [0.1, 0.15) is 38.7 Å². The van der Waals surface area contributed by atoms with Crippen LogP contribution in [0.3, 0.4) is 0 Å². The van der Waals surface area contributed by atoms with Gasteiger partial charge in [0.2, 0.25) is 0 Å². The third-order valence-electron chi connectivity index (χ3n) is 3.89. The molecule has 1 aliphatic rings. The first-order valence-corrected chi connectivity index (χ1v) is 7.97. The molecule has 1 amide bonds. The predicted molar refractivity (Wildman–Crippen MR) is 89.7 cm³/mol. The van der Waals surface area contributed by atoms with Crippen molar-refractivity contribution in [2.45, 2.75) is 38.7 Å². The molecule has 0 radical (unpaired) electrons. The number of rotatable bonds is 3. The molecule has 6 nitrogen and oxygen atoms in total. The van der Waals surface area contributed by atoms with Crippen molar-refractivity contribution in [3.05, 3.63) is 23.8 Å². The zero-order chi connectivity index (χ0) is 17.9. The van der Waals surface area contributed by atoms with Crippen molar-refractivity contribution < 1.29 is 23.8 Å². The summed E-state index contributed by atoms with van der Waals surface area (Å²) in [5.41, 5.74) is 0.253. The van der Waals surface area contributed by atoms with Crippen LogP contribution in [0.2, 0.25) is 0 Å². The van der Waals surface area contributed by atoms with Gasteiger partial charge in [-0.1, -0.05) is 6.07 Å². The predicted octanol–water partition coefficient (Wildman–Crippen LogP) is 3.00. The molecule has 0 N–H and O–H groups in total. The average molecular weight is 335 g/mol. The molecule has 0 aromatic heterocycles. The molecule has 0 saturated carbocycles. The fraction of sp³-hybridized carbons (Fsp3) is 0.556. The number of carbonyl (C=O) groups is 2. The van der Waals surface area contributed by atoms with Crippen molar-refractivity contribution in [2.24, 2.45) is 0 Å². The van der Waals surface area contributed by atoms with E-state index in [1.54, 1.807) is 20.3 Å². The van der Waals surface area contributed by atoms with Gasteiger partial charge >= 0.3 is 6.09 Å². The molecule has 1 fully saturated rings. The average Bonchev–Trinajstić information content (AvgIpc) is 2.52. The smallest absolute Gasteiger partial charge is 0.410 e. The van der Waals surface area contributed by atoms with Gasteiger partial charge in [-0.2, -0.15) is 0 Å². The number of ketones is 1. The van der Waals surface area contributed by atoms with E-state index in [0.717, 1.165) is 5.56 Å². The standard InChI is InChI=1S/C18H25NO5/c1-18(2,3)24-17(21)19-9-8-13(15(20)11-19)14-7-6-12(22-4)10-16(14)23-5/h6-7,10,13H,8-9,11H2,1-5H3. The minimum Gasteiger partial charge on any atom is -0.497 e. The Morgan fingerprint density at radius 1 is 1.21 bits per heavy atom. The molecule has 1 atom stereocenters. The summed E-state index contributed by atoms with van der Waals surface area (Å²) in [5, 5.41) is 0. The third kappa shape index (κ3) is 4.19. The fourth-order valence-corrected chi connectivity index (χ4v) is 2.74. The molecule has 1 aromatic rings. The number of hydrogen-bond donors (Lipinski definition) is 0. The van der Waals surface area contributed by atoms with Crippen LogP contribution < -0.4 is 9.47 Å². The summed E-state index contributed by atoms with van der Waals surface area (Å²) in [6.45, 7) is 5.94. The summed E-state index contributed by atoms with van der Waals surface area (Å²) in [6.07, 6.45) is 0.0943. The third-order valence-corrected chi connectivity index (χ3v) is 3.89. The van der Waals surface area contributed by atoms with Gasteiger partial charge in [-0.15, -0.1) is 0 Å². The van der Waals surface area contributed by atoms with Crippen LogP contribution in [0.15, 0.2) is 18.2 Å². The number of amides is 1. The van der Waals surface area contributed by atoms with Crippen molar-refractivity contribution in [2.75, 3.05) is 27.3 Å². The Morgan fingerprint density at radius 2 is 1.92 bits per heavy atom. The minimum absolute atomic E-state index is 0.0180. The summed E-state index contributed by atoms with van der Waals surface area (Å²) in [7, 11) is 3.15. The maximum absolute atomic E-state index is 12.6. The molecule has 1 unspecified atom stereocenters. The fourth-order valence-electron chi connectivity index (χ4n) is 2.74. The van der Waals surface area contributed by atoms with Gasteiger partial charge in [0, 0.05) is 24.1 Å². The SMILES string of the molecule is COc1ccc(C2CCN(C(=O)OC(C)(C)C)CC2=O)c(OC)c1. The van der Waals surface area contributed by atoms with Crippen molar-refractivity contribution in [3.8, 4) is 11.5 Å². The van der Waals surface area contributed by atoms with E-state index in [9.17, 15) is 9.59 Å². The Bertz CT molecular complexity index is 620. The topological polar surface area (TPSA) is 65.1 Å². The number of nitrogens with zero attached hydrogens (tertiary/aromatic N) is 1. The van der Waals surface area contributed by atoms with Gasteiger partial charge in [0.15, 0.2) is 5.78 Å². The number of piperidine rings is 1. The second-order valence-electron chi connectivity index (χ2n) is 6.82. The van der Waals surface area contributed by atoms with Crippen molar-refractivity contribution >= 4 is 11.9 Å². The van der Waals surface area contributed by atoms with Gasteiger partial charge in [0.1, 0.15) is 17.1 Å². The first-order chi connectivity index (χ1) is 11.2. The number of benzene rings is 1. The number of Topliss-reactive ketones (excluding diaryl/α,β-unsaturated/α-hetero) is 1. The van der Waals surface area contributed by atoms with E-state index in [4.69, 9.17) is 14.2 Å². The van der Waals surface area contributed by atoms with Gasteiger partial charge < -0.3 is 19.1 Å². The number of methoxy groups -OCH3 is 2. The Kier molecular flexibility index (Phi) is 5.36. The number of hydrogen-bond acceptors (Lipinski definition) is 5. The van der Waals surface area contributed by atoms with E-state index in [-0.39, 0.29) is 18.2 Å². The van der Waals surface area contributed by atoms with Gasteiger partial charge in [-0.05, 0) is 33.3 Å².